The van der Waals surface area contributed by atoms with Crippen LogP contribution in [0.25, 0.3) is 0 Å². The highest BCUT2D eigenvalue weighted by Gasteiger charge is 2.53. The van der Waals surface area contributed by atoms with Crippen LogP contribution in [0.4, 0.5) is 0 Å². The number of rotatable bonds is 7. The molecular weight excluding hydrogens is 286 g/mol. The van der Waals surface area contributed by atoms with Crippen molar-refractivity contribution in [3.63, 3.8) is 0 Å². The van der Waals surface area contributed by atoms with E-state index in [2.05, 4.69) is 5.32 Å². The van der Waals surface area contributed by atoms with Crippen molar-refractivity contribution in [2.75, 3.05) is 19.3 Å². The molecule has 1 aromatic rings. The largest absolute Gasteiger partial charge is 0.387 e. The molecule has 4 nitrogen and oxygen atoms in total. The fourth-order valence-corrected chi connectivity index (χ4v) is 3.73. The second-order valence-electron chi connectivity index (χ2n) is 6.62. The second-order valence-corrected chi connectivity index (χ2v) is 8.64. The molecule has 2 aliphatic rings. The molecule has 21 heavy (non-hydrogen) atoms. The van der Waals surface area contributed by atoms with Crippen molar-refractivity contribution in [1.29, 1.82) is 0 Å². The van der Waals surface area contributed by atoms with Gasteiger partial charge in [-0.05, 0) is 54.7 Å². The van der Waals surface area contributed by atoms with Crippen LogP contribution in [0.15, 0.2) is 29.2 Å². The Morgan fingerprint density at radius 2 is 1.90 bits per heavy atom. The molecule has 1 aromatic carbocycles. The Balaban J connectivity index is 1.52. The van der Waals surface area contributed by atoms with Gasteiger partial charge < -0.3 is 10.4 Å². The van der Waals surface area contributed by atoms with E-state index in [1.54, 1.807) is 24.3 Å². The Bertz CT molecular complexity index is 601. The van der Waals surface area contributed by atoms with Crippen LogP contribution in [-0.2, 0) is 9.84 Å². The molecule has 0 bridgehead atoms. The molecule has 5 heteroatoms. The van der Waals surface area contributed by atoms with Crippen molar-refractivity contribution in [3.8, 4) is 0 Å². The average molecular weight is 309 g/mol. The molecule has 0 saturated heterocycles. The lowest BCUT2D eigenvalue weighted by atomic mass is 10.0. The molecule has 2 saturated carbocycles. The summed E-state index contributed by atoms with van der Waals surface area (Å²) in [4.78, 5) is 0.289. The van der Waals surface area contributed by atoms with Crippen molar-refractivity contribution in [2.45, 2.75) is 36.7 Å². The standard InChI is InChI=1S/C16H23NO3S/c1-21(19,20)14-6-2-12(3-7-14)15(18)10-17-11-16(8-9-16)13-4-5-13/h2-3,6-7,13,15,17-18H,4-5,8-11H2,1H3. The van der Waals surface area contributed by atoms with Crippen molar-refractivity contribution in [3.05, 3.63) is 29.8 Å². The molecule has 0 radical (unpaired) electrons. The third-order valence-electron chi connectivity index (χ3n) is 4.84. The monoisotopic (exact) mass is 309 g/mol. The van der Waals surface area contributed by atoms with Gasteiger partial charge in [-0.3, -0.25) is 0 Å². The minimum Gasteiger partial charge on any atom is -0.387 e. The number of benzene rings is 1. The molecule has 0 spiro atoms. The predicted octanol–water partition coefficient (Wildman–Crippen LogP) is 1.90. The van der Waals surface area contributed by atoms with Gasteiger partial charge in [0.2, 0.25) is 0 Å². The van der Waals surface area contributed by atoms with Gasteiger partial charge in [0, 0.05) is 19.3 Å². The van der Waals surface area contributed by atoms with Gasteiger partial charge in [-0.2, -0.15) is 0 Å². The molecule has 0 aliphatic heterocycles. The Morgan fingerprint density at radius 1 is 1.29 bits per heavy atom. The topological polar surface area (TPSA) is 66.4 Å². The van der Waals surface area contributed by atoms with Crippen LogP contribution < -0.4 is 5.32 Å². The summed E-state index contributed by atoms with van der Waals surface area (Å²) < 4.78 is 22.8. The number of aliphatic hydroxyl groups is 1. The molecular formula is C16H23NO3S. The fraction of sp³-hybridized carbons (Fsp3) is 0.625. The number of nitrogens with one attached hydrogen (secondary N) is 1. The summed E-state index contributed by atoms with van der Waals surface area (Å²) in [6.07, 6.45) is 5.99. The van der Waals surface area contributed by atoms with Gasteiger partial charge in [-0.15, -0.1) is 0 Å². The molecule has 2 fully saturated rings. The highest BCUT2D eigenvalue weighted by atomic mass is 32.2. The first-order chi connectivity index (χ1) is 9.91. The quantitative estimate of drug-likeness (QED) is 0.807. The zero-order valence-corrected chi connectivity index (χ0v) is 13.2. The molecule has 2 N–H and O–H groups in total. The van der Waals surface area contributed by atoms with Crippen LogP contribution >= 0.6 is 0 Å². The van der Waals surface area contributed by atoms with E-state index in [-0.39, 0.29) is 4.90 Å². The predicted molar refractivity (Wildman–Crippen MR) is 81.8 cm³/mol. The zero-order chi connectivity index (χ0) is 15.1. The normalized spacial score (nSPS) is 22.0. The SMILES string of the molecule is CS(=O)(=O)c1ccc(C(O)CNCC2(C3CC3)CC2)cc1. The Labute approximate surface area is 126 Å². The molecule has 116 valence electrons. The Kier molecular flexibility index (Phi) is 3.84. The van der Waals surface area contributed by atoms with Gasteiger partial charge in [0.05, 0.1) is 11.0 Å². The number of aliphatic hydroxyl groups excluding tert-OH is 1. The van der Waals surface area contributed by atoms with Crippen molar-refractivity contribution < 1.29 is 13.5 Å². The van der Waals surface area contributed by atoms with Gasteiger partial charge in [-0.25, -0.2) is 8.42 Å². The fourth-order valence-electron chi connectivity index (χ4n) is 3.10. The van der Waals surface area contributed by atoms with Gasteiger partial charge in [0.25, 0.3) is 0 Å². The molecule has 0 heterocycles. The maximum atomic E-state index is 11.4. The number of hydrogen-bond acceptors (Lipinski definition) is 4. The van der Waals surface area contributed by atoms with Gasteiger partial charge >= 0.3 is 0 Å². The average Bonchev–Trinajstić information content (AvgIpc) is 3.30. The molecule has 0 aromatic heterocycles. The van der Waals surface area contributed by atoms with Crippen LogP contribution in [-0.4, -0.2) is 32.9 Å². The third-order valence-corrected chi connectivity index (χ3v) is 5.97. The van der Waals surface area contributed by atoms with E-state index in [1.807, 2.05) is 0 Å². The lowest BCUT2D eigenvalue weighted by Crippen LogP contribution is -2.29. The first-order valence-corrected chi connectivity index (χ1v) is 9.49. The van der Waals surface area contributed by atoms with E-state index < -0.39 is 15.9 Å². The van der Waals surface area contributed by atoms with Crippen LogP contribution in [0.1, 0.15) is 37.4 Å². The summed E-state index contributed by atoms with van der Waals surface area (Å²) in [5.74, 6) is 0.913. The zero-order valence-electron chi connectivity index (χ0n) is 12.4. The number of sulfone groups is 1. The minimum absolute atomic E-state index is 0.289. The Hall–Kier alpha value is -0.910. The first-order valence-electron chi connectivity index (χ1n) is 7.60. The van der Waals surface area contributed by atoms with Gasteiger partial charge in [0.1, 0.15) is 0 Å². The first kappa shape index (κ1) is 15.0. The summed E-state index contributed by atoms with van der Waals surface area (Å²) >= 11 is 0. The van der Waals surface area contributed by atoms with Crippen LogP contribution in [0.2, 0.25) is 0 Å². The number of hydrogen-bond donors (Lipinski definition) is 2. The van der Waals surface area contributed by atoms with Gasteiger partial charge in [-0.1, -0.05) is 12.1 Å². The lowest BCUT2D eigenvalue weighted by molar-refractivity contribution is 0.171. The maximum absolute atomic E-state index is 11.4. The van der Waals surface area contributed by atoms with E-state index in [4.69, 9.17) is 0 Å². The van der Waals surface area contributed by atoms with Crippen LogP contribution in [0.3, 0.4) is 0 Å². The van der Waals surface area contributed by atoms with Gasteiger partial charge in [0.15, 0.2) is 9.84 Å². The summed E-state index contributed by atoms with van der Waals surface area (Å²) in [5, 5.41) is 13.6. The van der Waals surface area contributed by atoms with Crippen molar-refractivity contribution in [1.82, 2.24) is 5.32 Å². The Morgan fingerprint density at radius 3 is 2.38 bits per heavy atom. The maximum Gasteiger partial charge on any atom is 0.175 e. The van der Waals surface area contributed by atoms with Crippen LogP contribution in [0, 0.1) is 11.3 Å². The van der Waals surface area contributed by atoms with E-state index in [9.17, 15) is 13.5 Å². The molecule has 3 rings (SSSR count). The summed E-state index contributed by atoms with van der Waals surface area (Å²) in [5.41, 5.74) is 1.28. The van der Waals surface area contributed by atoms with E-state index in [0.717, 1.165) is 18.0 Å². The summed E-state index contributed by atoms with van der Waals surface area (Å²) in [7, 11) is -3.17. The lowest BCUT2D eigenvalue weighted by Gasteiger charge is -2.17. The molecule has 1 atom stereocenters. The smallest absolute Gasteiger partial charge is 0.175 e. The molecule has 2 aliphatic carbocycles. The summed E-state index contributed by atoms with van der Waals surface area (Å²) in [6.45, 7) is 1.52. The molecule has 0 amide bonds. The minimum atomic E-state index is -3.17. The van der Waals surface area contributed by atoms with E-state index in [0.29, 0.717) is 12.0 Å². The highest BCUT2D eigenvalue weighted by Crippen LogP contribution is 2.60. The van der Waals surface area contributed by atoms with Crippen LogP contribution in [0.5, 0.6) is 0 Å². The van der Waals surface area contributed by atoms with E-state index >= 15 is 0 Å². The molecule has 1 unspecified atom stereocenters. The van der Waals surface area contributed by atoms with E-state index in [1.165, 1.54) is 31.9 Å². The third kappa shape index (κ3) is 3.47. The van der Waals surface area contributed by atoms with Crippen molar-refractivity contribution >= 4 is 9.84 Å². The second kappa shape index (κ2) is 5.38. The van der Waals surface area contributed by atoms with Crippen molar-refractivity contribution in [2.24, 2.45) is 11.3 Å². The highest BCUT2D eigenvalue weighted by molar-refractivity contribution is 7.90. The summed E-state index contributed by atoms with van der Waals surface area (Å²) in [6, 6.07) is 6.49.